The Kier molecular flexibility index (Phi) is 7.93. The number of carbonyl (C=O) groups is 1. The van der Waals surface area contributed by atoms with Crippen LogP contribution in [0.3, 0.4) is 0 Å². The number of nitrogens with two attached hydrogens (primary N) is 1. The van der Waals surface area contributed by atoms with E-state index in [4.69, 9.17) is 10.5 Å². The van der Waals surface area contributed by atoms with E-state index in [1.165, 1.54) is 24.3 Å². The van der Waals surface area contributed by atoms with Gasteiger partial charge in [-0.25, -0.2) is 4.79 Å². The predicted molar refractivity (Wildman–Crippen MR) is 91.1 cm³/mol. The molecule has 1 aliphatic heterocycles. The summed E-state index contributed by atoms with van der Waals surface area (Å²) in [5.41, 5.74) is 6.22. The molecule has 0 bridgehead atoms. The van der Waals surface area contributed by atoms with Crippen LogP contribution in [0.25, 0.3) is 0 Å². The van der Waals surface area contributed by atoms with Gasteiger partial charge in [0.2, 0.25) is 0 Å². The van der Waals surface area contributed by atoms with Crippen molar-refractivity contribution in [1.82, 2.24) is 10.6 Å². The number of nitrogens with one attached hydrogen (secondary N) is 2. The highest BCUT2D eigenvalue weighted by Gasteiger charge is 2.14. The molecule has 1 aromatic rings. The maximum atomic E-state index is 11.5. The molecule has 24 heavy (non-hydrogen) atoms. The summed E-state index contributed by atoms with van der Waals surface area (Å²) < 4.78 is 4.94. The third-order valence-electron chi connectivity index (χ3n) is 3.46. The van der Waals surface area contributed by atoms with Crippen LogP contribution >= 0.6 is 12.4 Å². The van der Waals surface area contributed by atoms with Crippen molar-refractivity contribution < 1.29 is 14.5 Å². The van der Waals surface area contributed by atoms with Gasteiger partial charge in [-0.15, -0.1) is 17.4 Å². The third-order valence-corrected chi connectivity index (χ3v) is 3.46. The van der Waals surface area contributed by atoms with Crippen molar-refractivity contribution in [3.05, 3.63) is 39.9 Å². The fourth-order valence-electron chi connectivity index (χ4n) is 2.17. The topological polar surface area (TPSA) is 132 Å². The molecule has 132 valence electrons. The molecule has 1 amide bonds. The number of amides is 1. The van der Waals surface area contributed by atoms with Gasteiger partial charge in [0.15, 0.2) is 5.96 Å². The van der Waals surface area contributed by atoms with E-state index in [0.29, 0.717) is 18.0 Å². The smallest absolute Gasteiger partial charge is 0.437 e. The largest absolute Gasteiger partial charge is 0.443 e. The monoisotopic (exact) mass is 357 g/mol. The van der Waals surface area contributed by atoms with Crippen molar-refractivity contribution in [3.8, 4) is 0 Å². The number of ether oxygens (including phenoxy) is 1. The van der Waals surface area contributed by atoms with Gasteiger partial charge in [0.25, 0.3) is 5.69 Å². The number of hydrogen-bond acceptors (Lipinski definition) is 5. The van der Waals surface area contributed by atoms with Crippen LogP contribution < -0.4 is 16.4 Å². The van der Waals surface area contributed by atoms with Gasteiger partial charge >= 0.3 is 6.09 Å². The minimum atomic E-state index is -0.808. The van der Waals surface area contributed by atoms with Crippen molar-refractivity contribution in [2.45, 2.75) is 13.0 Å². The molecule has 1 heterocycles. The number of nitrogens with zero attached hydrogens (tertiary/aromatic N) is 2. The average molecular weight is 358 g/mol. The number of halogens is 1. The highest BCUT2D eigenvalue weighted by Crippen LogP contribution is 2.12. The van der Waals surface area contributed by atoms with E-state index < -0.39 is 11.0 Å². The normalized spacial score (nSPS) is 17.0. The lowest BCUT2D eigenvalue weighted by atomic mass is 10.1. The average Bonchev–Trinajstić information content (AvgIpc) is 3.05. The molecule has 0 aromatic heterocycles. The summed E-state index contributed by atoms with van der Waals surface area (Å²) in [4.78, 5) is 25.2. The van der Waals surface area contributed by atoms with Crippen LogP contribution in [0.1, 0.15) is 12.0 Å². The Morgan fingerprint density at radius 1 is 1.46 bits per heavy atom. The summed E-state index contributed by atoms with van der Waals surface area (Å²) in [5.74, 6) is 0.491. The summed E-state index contributed by atoms with van der Waals surface area (Å²) in [5, 5.41) is 16.7. The highest BCUT2D eigenvalue weighted by atomic mass is 35.5. The van der Waals surface area contributed by atoms with Gasteiger partial charge in [-0.3, -0.25) is 10.1 Å². The molecular formula is C14H20ClN5O4. The number of nitro groups is 1. The van der Waals surface area contributed by atoms with Gasteiger partial charge in [0, 0.05) is 18.7 Å². The van der Waals surface area contributed by atoms with Gasteiger partial charge in [-0.05, 0) is 43.1 Å². The Hall–Kier alpha value is -2.39. The molecule has 1 aliphatic rings. The van der Waals surface area contributed by atoms with Crippen LogP contribution in [0.2, 0.25) is 0 Å². The Balaban J connectivity index is 0.00000288. The van der Waals surface area contributed by atoms with E-state index in [2.05, 4.69) is 15.6 Å². The van der Waals surface area contributed by atoms with E-state index in [1.807, 2.05) is 0 Å². The molecule has 1 atom stereocenters. The fraction of sp³-hybridized carbons (Fsp3) is 0.429. The zero-order valence-corrected chi connectivity index (χ0v) is 13.8. The molecule has 1 aromatic carbocycles. The van der Waals surface area contributed by atoms with Gasteiger partial charge < -0.3 is 21.1 Å². The minimum absolute atomic E-state index is 0. The van der Waals surface area contributed by atoms with Gasteiger partial charge in [0.1, 0.15) is 6.61 Å². The molecule has 4 N–H and O–H groups in total. The molecule has 0 saturated carbocycles. The van der Waals surface area contributed by atoms with Crippen LogP contribution in [0.15, 0.2) is 29.3 Å². The Labute approximate surface area is 145 Å². The van der Waals surface area contributed by atoms with Crippen molar-refractivity contribution in [2.75, 3.05) is 19.6 Å². The lowest BCUT2D eigenvalue weighted by molar-refractivity contribution is -0.384. The van der Waals surface area contributed by atoms with Crippen molar-refractivity contribution in [1.29, 1.82) is 0 Å². The second kappa shape index (κ2) is 9.68. The van der Waals surface area contributed by atoms with E-state index in [1.54, 1.807) is 0 Å². The summed E-state index contributed by atoms with van der Waals surface area (Å²) >= 11 is 0. The molecule has 0 radical (unpaired) electrons. The number of hydrogen-bond donors (Lipinski definition) is 3. The molecule has 9 nitrogen and oxygen atoms in total. The van der Waals surface area contributed by atoms with Crippen molar-refractivity contribution in [3.63, 3.8) is 0 Å². The maximum absolute atomic E-state index is 11.5. The van der Waals surface area contributed by atoms with Crippen molar-refractivity contribution in [2.24, 2.45) is 16.6 Å². The third kappa shape index (κ3) is 6.39. The number of non-ortho nitro benzene ring substituents is 1. The molecular weight excluding hydrogens is 338 g/mol. The second-order valence-corrected chi connectivity index (χ2v) is 5.21. The second-order valence-electron chi connectivity index (χ2n) is 5.21. The SMILES string of the molecule is Cl.NC(=NC(=O)OCc1ccc([N+](=O)[O-])cc1)NC[C@H]1CCNC1. The van der Waals surface area contributed by atoms with Gasteiger partial charge in [-0.1, -0.05) is 0 Å². The molecule has 2 rings (SSSR count). The fourth-order valence-corrected chi connectivity index (χ4v) is 2.17. The Morgan fingerprint density at radius 3 is 2.75 bits per heavy atom. The summed E-state index contributed by atoms with van der Waals surface area (Å²) in [6.45, 7) is 2.53. The first-order valence-corrected chi connectivity index (χ1v) is 7.23. The van der Waals surface area contributed by atoms with Crippen LogP contribution in [0.5, 0.6) is 0 Å². The molecule has 10 heteroatoms. The van der Waals surface area contributed by atoms with E-state index in [9.17, 15) is 14.9 Å². The summed E-state index contributed by atoms with van der Waals surface area (Å²) in [6, 6.07) is 5.73. The van der Waals surface area contributed by atoms with Gasteiger partial charge in [0.05, 0.1) is 4.92 Å². The number of carbonyl (C=O) groups excluding carboxylic acids is 1. The zero-order chi connectivity index (χ0) is 16.7. The van der Waals surface area contributed by atoms with Crippen LogP contribution in [0, 0.1) is 16.0 Å². The quantitative estimate of drug-likeness (QED) is 0.312. The van der Waals surface area contributed by atoms with Crippen LogP contribution in [-0.2, 0) is 11.3 Å². The molecule has 0 unspecified atom stereocenters. The zero-order valence-electron chi connectivity index (χ0n) is 12.9. The summed E-state index contributed by atoms with van der Waals surface area (Å²) in [7, 11) is 0. The Morgan fingerprint density at radius 2 is 2.17 bits per heavy atom. The standard InChI is InChI=1S/C14H19N5O4.ClH/c15-13(17-8-11-5-6-16-7-11)18-14(20)23-9-10-1-3-12(4-2-10)19(21)22;/h1-4,11,16H,5-9H2,(H3,15,17,18,20);1H/t11-;/m0./s1. The highest BCUT2D eigenvalue weighted by molar-refractivity contribution is 5.89. The lowest BCUT2D eigenvalue weighted by Gasteiger charge is -2.10. The number of benzene rings is 1. The van der Waals surface area contributed by atoms with Crippen LogP contribution in [-0.4, -0.2) is 36.6 Å². The number of guanidine groups is 1. The lowest BCUT2D eigenvalue weighted by Crippen LogP contribution is -2.36. The first-order valence-electron chi connectivity index (χ1n) is 7.23. The van der Waals surface area contributed by atoms with E-state index in [0.717, 1.165) is 19.5 Å². The predicted octanol–water partition coefficient (Wildman–Crippen LogP) is 1.17. The van der Waals surface area contributed by atoms with E-state index in [-0.39, 0.29) is 30.7 Å². The first-order chi connectivity index (χ1) is 11.0. The summed E-state index contributed by atoms with van der Waals surface area (Å²) in [6.07, 6.45) is 0.253. The number of nitro benzene ring substituents is 1. The van der Waals surface area contributed by atoms with E-state index >= 15 is 0 Å². The minimum Gasteiger partial charge on any atom is -0.443 e. The van der Waals surface area contributed by atoms with Gasteiger partial charge in [-0.2, -0.15) is 0 Å². The van der Waals surface area contributed by atoms with Crippen molar-refractivity contribution >= 4 is 30.1 Å². The maximum Gasteiger partial charge on any atom is 0.437 e. The Bertz CT molecular complexity index is 587. The molecule has 0 spiro atoms. The molecule has 1 saturated heterocycles. The number of aliphatic imine (C=N–C) groups is 1. The van der Waals surface area contributed by atoms with Crippen LogP contribution in [0.4, 0.5) is 10.5 Å². The first kappa shape index (κ1) is 19.7. The molecule has 1 fully saturated rings. The molecule has 0 aliphatic carbocycles. The number of rotatable bonds is 5.